The topological polar surface area (TPSA) is 41.6 Å². The van der Waals surface area contributed by atoms with Crippen LogP contribution in [-0.2, 0) is 4.74 Å². The van der Waals surface area contributed by atoms with Gasteiger partial charge in [-0.05, 0) is 53.0 Å². The number of amides is 1. The number of piperidine rings is 1. The van der Waals surface area contributed by atoms with Gasteiger partial charge in [0, 0.05) is 18.6 Å². The van der Waals surface area contributed by atoms with Gasteiger partial charge in [-0.25, -0.2) is 4.79 Å². The van der Waals surface area contributed by atoms with Gasteiger partial charge in [-0.15, -0.1) is 0 Å². The first kappa shape index (κ1) is 18.3. The molecule has 1 aliphatic heterocycles. The van der Waals surface area contributed by atoms with E-state index >= 15 is 0 Å². The fourth-order valence-electron chi connectivity index (χ4n) is 2.65. The van der Waals surface area contributed by atoms with Gasteiger partial charge in [-0.1, -0.05) is 26.7 Å². The first-order valence-corrected chi connectivity index (χ1v) is 8.42. The summed E-state index contributed by atoms with van der Waals surface area (Å²) in [6, 6.07) is 0. The molecule has 0 bridgehead atoms. The molecule has 0 aromatic carbocycles. The van der Waals surface area contributed by atoms with Gasteiger partial charge in [-0.3, -0.25) is 0 Å². The first-order chi connectivity index (χ1) is 9.69. The van der Waals surface area contributed by atoms with Crippen LogP contribution < -0.4 is 5.32 Å². The van der Waals surface area contributed by atoms with Crippen molar-refractivity contribution < 1.29 is 9.53 Å². The van der Waals surface area contributed by atoms with Crippen molar-refractivity contribution in [3.63, 3.8) is 0 Å². The maximum Gasteiger partial charge on any atom is 0.410 e. The minimum absolute atomic E-state index is 0.154. The van der Waals surface area contributed by atoms with E-state index in [-0.39, 0.29) is 11.6 Å². The molecular weight excluding hydrogens is 264 g/mol. The van der Waals surface area contributed by atoms with Crippen LogP contribution in [0.4, 0.5) is 4.79 Å². The van der Waals surface area contributed by atoms with E-state index in [1.54, 1.807) is 0 Å². The molecular formula is C17H34N2O2. The molecule has 4 nitrogen and oxygen atoms in total. The SMILES string of the molecule is CCC(CC)CNC1(C)CCN(C(=O)OC(C)(C)C)CC1. The van der Waals surface area contributed by atoms with Crippen molar-refractivity contribution in [1.29, 1.82) is 0 Å². The third-order valence-electron chi connectivity index (χ3n) is 4.49. The van der Waals surface area contributed by atoms with Crippen molar-refractivity contribution in [2.24, 2.45) is 5.92 Å². The average Bonchev–Trinajstić information content (AvgIpc) is 2.38. The molecule has 0 atom stereocenters. The van der Waals surface area contributed by atoms with Crippen molar-refractivity contribution in [2.75, 3.05) is 19.6 Å². The van der Waals surface area contributed by atoms with E-state index in [4.69, 9.17) is 4.74 Å². The highest BCUT2D eigenvalue weighted by molar-refractivity contribution is 5.68. The van der Waals surface area contributed by atoms with Gasteiger partial charge in [0.15, 0.2) is 0 Å². The molecule has 1 rings (SSSR count). The smallest absolute Gasteiger partial charge is 0.410 e. The zero-order chi connectivity index (χ0) is 16.1. The van der Waals surface area contributed by atoms with Gasteiger partial charge >= 0.3 is 6.09 Å². The summed E-state index contributed by atoms with van der Waals surface area (Å²) in [5, 5.41) is 3.73. The lowest BCUT2D eigenvalue weighted by molar-refractivity contribution is 0.0155. The third-order valence-corrected chi connectivity index (χ3v) is 4.49. The number of nitrogens with zero attached hydrogens (tertiary/aromatic N) is 1. The molecule has 1 saturated heterocycles. The van der Waals surface area contributed by atoms with Crippen molar-refractivity contribution in [2.45, 2.75) is 78.4 Å². The van der Waals surface area contributed by atoms with Crippen LogP contribution in [0, 0.1) is 5.92 Å². The number of carbonyl (C=O) groups is 1. The Bertz CT molecular complexity index is 324. The molecule has 1 heterocycles. The zero-order valence-corrected chi connectivity index (χ0v) is 14.8. The Morgan fingerprint density at radius 3 is 2.19 bits per heavy atom. The Labute approximate surface area is 130 Å². The van der Waals surface area contributed by atoms with Crippen molar-refractivity contribution in [3.8, 4) is 0 Å². The van der Waals surface area contributed by atoms with Crippen LogP contribution in [0.15, 0.2) is 0 Å². The van der Waals surface area contributed by atoms with Gasteiger partial charge in [0.05, 0.1) is 0 Å². The largest absolute Gasteiger partial charge is 0.444 e. The van der Waals surface area contributed by atoms with Crippen LogP contribution in [0.1, 0.15) is 67.2 Å². The summed E-state index contributed by atoms with van der Waals surface area (Å²) in [5.74, 6) is 0.755. The van der Waals surface area contributed by atoms with E-state index in [0.29, 0.717) is 0 Å². The van der Waals surface area contributed by atoms with E-state index in [0.717, 1.165) is 38.4 Å². The van der Waals surface area contributed by atoms with Gasteiger partial charge in [0.1, 0.15) is 5.60 Å². The van der Waals surface area contributed by atoms with Crippen LogP contribution in [0.3, 0.4) is 0 Å². The van der Waals surface area contributed by atoms with E-state index in [9.17, 15) is 4.79 Å². The summed E-state index contributed by atoms with van der Waals surface area (Å²) < 4.78 is 5.44. The number of carbonyl (C=O) groups excluding carboxylic acids is 1. The van der Waals surface area contributed by atoms with Gasteiger partial charge in [0.2, 0.25) is 0 Å². The summed E-state index contributed by atoms with van der Waals surface area (Å²) in [6.07, 6.45) is 4.26. The van der Waals surface area contributed by atoms with Gasteiger partial charge < -0.3 is 15.0 Å². The number of nitrogens with one attached hydrogen (secondary N) is 1. The number of likely N-dealkylation sites (tertiary alicyclic amines) is 1. The summed E-state index contributed by atoms with van der Waals surface area (Å²) >= 11 is 0. The Hall–Kier alpha value is -0.770. The second-order valence-electron chi connectivity index (χ2n) is 7.59. The van der Waals surface area contributed by atoms with Crippen LogP contribution in [0.2, 0.25) is 0 Å². The first-order valence-electron chi connectivity index (χ1n) is 8.42. The summed E-state index contributed by atoms with van der Waals surface area (Å²) in [4.78, 5) is 13.9. The molecule has 1 fully saturated rings. The number of hydrogen-bond acceptors (Lipinski definition) is 3. The molecule has 1 N–H and O–H groups in total. The van der Waals surface area contributed by atoms with Crippen molar-refractivity contribution in [1.82, 2.24) is 10.2 Å². The molecule has 4 heteroatoms. The summed E-state index contributed by atoms with van der Waals surface area (Å²) in [7, 11) is 0. The van der Waals surface area contributed by atoms with Crippen LogP contribution in [0.5, 0.6) is 0 Å². The molecule has 21 heavy (non-hydrogen) atoms. The van der Waals surface area contributed by atoms with E-state index in [1.165, 1.54) is 12.8 Å². The Kier molecular flexibility index (Phi) is 6.51. The molecule has 0 radical (unpaired) electrons. The standard InChI is InChI=1S/C17H34N2O2/c1-7-14(8-2)13-18-17(6)9-11-19(12-10-17)15(20)21-16(3,4)5/h14,18H,7-13H2,1-6H3. The van der Waals surface area contributed by atoms with Crippen LogP contribution in [0.25, 0.3) is 0 Å². The highest BCUT2D eigenvalue weighted by Crippen LogP contribution is 2.24. The van der Waals surface area contributed by atoms with E-state index < -0.39 is 5.60 Å². The highest BCUT2D eigenvalue weighted by atomic mass is 16.6. The van der Waals surface area contributed by atoms with Crippen LogP contribution in [-0.4, -0.2) is 41.8 Å². The monoisotopic (exact) mass is 298 g/mol. The lowest BCUT2D eigenvalue weighted by Gasteiger charge is -2.41. The van der Waals surface area contributed by atoms with Gasteiger partial charge in [0.25, 0.3) is 0 Å². The van der Waals surface area contributed by atoms with Crippen molar-refractivity contribution >= 4 is 6.09 Å². The third kappa shape index (κ3) is 6.25. The molecule has 0 saturated carbocycles. The van der Waals surface area contributed by atoms with Gasteiger partial charge in [-0.2, -0.15) is 0 Å². The van der Waals surface area contributed by atoms with Crippen LogP contribution >= 0.6 is 0 Å². The zero-order valence-electron chi connectivity index (χ0n) is 14.8. The fourth-order valence-corrected chi connectivity index (χ4v) is 2.65. The fraction of sp³-hybridized carbons (Fsp3) is 0.941. The predicted octanol–water partition coefficient (Wildman–Crippen LogP) is 3.80. The minimum atomic E-state index is -0.411. The molecule has 0 aromatic rings. The molecule has 0 unspecified atom stereocenters. The molecule has 0 spiro atoms. The normalized spacial score (nSPS) is 18.9. The molecule has 1 amide bonds. The summed E-state index contributed by atoms with van der Waals surface area (Å²) in [5.41, 5.74) is -0.257. The quantitative estimate of drug-likeness (QED) is 0.839. The predicted molar refractivity (Wildman–Crippen MR) is 87.5 cm³/mol. The lowest BCUT2D eigenvalue weighted by atomic mass is 9.88. The second kappa shape index (κ2) is 7.48. The number of hydrogen-bond donors (Lipinski definition) is 1. The number of rotatable bonds is 5. The van der Waals surface area contributed by atoms with E-state index in [1.807, 2.05) is 25.7 Å². The molecule has 124 valence electrons. The summed E-state index contributed by atoms with van der Waals surface area (Å²) in [6.45, 7) is 15.2. The molecule has 0 aromatic heterocycles. The Balaban J connectivity index is 2.41. The maximum absolute atomic E-state index is 12.1. The molecule has 1 aliphatic rings. The average molecular weight is 298 g/mol. The Morgan fingerprint density at radius 2 is 1.76 bits per heavy atom. The minimum Gasteiger partial charge on any atom is -0.444 e. The maximum atomic E-state index is 12.1. The highest BCUT2D eigenvalue weighted by Gasteiger charge is 2.33. The second-order valence-corrected chi connectivity index (χ2v) is 7.59. The Morgan fingerprint density at radius 1 is 1.24 bits per heavy atom. The molecule has 0 aliphatic carbocycles. The number of ether oxygens (including phenoxy) is 1. The van der Waals surface area contributed by atoms with E-state index in [2.05, 4.69) is 26.1 Å². The van der Waals surface area contributed by atoms with Crippen molar-refractivity contribution in [3.05, 3.63) is 0 Å². The lowest BCUT2D eigenvalue weighted by Crippen LogP contribution is -2.54.